The zero-order valence-corrected chi connectivity index (χ0v) is 8.96. The minimum atomic E-state index is -5.35. The summed E-state index contributed by atoms with van der Waals surface area (Å²) < 4.78 is 76.7. The summed E-state index contributed by atoms with van der Waals surface area (Å²) in [6, 6.07) is 1.20. The van der Waals surface area contributed by atoms with E-state index in [0.29, 0.717) is 18.3 Å². The summed E-state index contributed by atoms with van der Waals surface area (Å²) in [6.45, 7) is -1.59. The molecule has 108 valence electrons. The van der Waals surface area contributed by atoms with Crippen molar-refractivity contribution in [1.29, 1.82) is 0 Å². The molecule has 0 aromatic carbocycles. The molecule has 0 aliphatic rings. The molecule has 0 bridgehead atoms. The molecule has 0 amide bonds. The molecular weight excluding hydrogens is 284 g/mol. The lowest BCUT2D eigenvalue weighted by Gasteiger charge is -2.24. The summed E-state index contributed by atoms with van der Waals surface area (Å²) in [6.07, 6.45) is -9.52. The zero-order chi connectivity index (χ0) is 14.9. The van der Waals surface area contributed by atoms with Gasteiger partial charge in [0.05, 0.1) is 6.20 Å². The maximum atomic E-state index is 12.1. The van der Waals surface area contributed by atoms with Crippen LogP contribution in [-0.4, -0.2) is 33.8 Å². The fraction of sp³-hybridized carbons (Fsp3) is 0.444. The number of halogens is 6. The van der Waals surface area contributed by atoms with Crippen molar-refractivity contribution in [2.24, 2.45) is 0 Å². The predicted octanol–water partition coefficient (Wildman–Crippen LogP) is 1.72. The van der Waals surface area contributed by atoms with E-state index in [1.165, 1.54) is 0 Å². The van der Waals surface area contributed by atoms with Crippen LogP contribution in [0.25, 0.3) is 0 Å². The molecule has 4 nitrogen and oxygen atoms in total. The Kier molecular flexibility index (Phi) is 3.96. The number of nitrogens with zero attached hydrogens (tertiary/aromatic N) is 1. The van der Waals surface area contributed by atoms with Crippen molar-refractivity contribution in [2.45, 2.75) is 18.1 Å². The Hall–Kier alpha value is -1.55. The molecule has 0 aliphatic carbocycles. The molecule has 1 rings (SSSR count). The highest BCUT2D eigenvalue weighted by Gasteiger charge is 2.53. The molecule has 0 saturated carbocycles. The highest BCUT2D eigenvalue weighted by Crippen LogP contribution is 2.30. The second kappa shape index (κ2) is 4.85. The van der Waals surface area contributed by atoms with Gasteiger partial charge in [0.25, 0.3) is 5.79 Å². The maximum Gasteiger partial charge on any atom is 0.446 e. The van der Waals surface area contributed by atoms with Gasteiger partial charge in [0.15, 0.2) is 6.61 Å². The van der Waals surface area contributed by atoms with E-state index in [0.717, 1.165) is 0 Å². The number of ether oxygens (including phenoxy) is 1. The van der Waals surface area contributed by atoms with Gasteiger partial charge in [-0.15, -0.1) is 0 Å². The largest absolute Gasteiger partial charge is 0.486 e. The van der Waals surface area contributed by atoms with Crippen LogP contribution in [0.15, 0.2) is 18.3 Å². The first-order chi connectivity index (χ1) is 8.43. The maximum absolute atomic E-state index is 12.1. The van der Waals surface area contributed by atoms with Crippen LogP contribution < -0.4 is 4.74 Å². The number of pyridine rings is 1. The fourth-order valence-electron chi connectivity index (χ4n) is 0.899. The van der Waals surface area contributed by atoms with Crippen LogP contribution in [-0.2, 0) is 6.18 Å². The molecule has 0 atom stereocenters. The lowest BCUT2D eigenvalue weighted by molar-refractivity contribution is -0.355. The topological polar surface area (TPSA) is 62.6 Å². The van der Waals surface area contributed by atoms with Crippen LogP contribution >= 0.6 is 0 Å². The highest BCUT2D eigenvalue weighted by molar-refractivity contribution is 5.21. The molecule has 0 aliphatic heterocycles. The van der Waals surface area contributed by atoms with Gasteiger partial charge in [-0.25, -0.2) is 4.98 Å². The highest BCUT2D eigenvalue weighted by atomic mass is 19.4. The molecule has 0 saturated heterocycles. The van der Waals surface area contributed by atoms with Crippen LogP contribution in [0.2, 0.25) is 0 Å². The van der Waals surface area contributed by atoms with Gasteiger partial charge in [0, 0.05) is 0 Å². The van der Waals surface area contributed by atoms with E-state index in [1.807, 2.05) is 0 Å². The third-order valence-corrected chi connectivity index (χ3v) is 1.92. The third-order valence-electron chi connectivity index (χ3n) is 1.92. The van der Waals surface area contributed by atoms with Gasteiger partial charge in [0.2, 0.25) is 0 Å². The quantitative estimate of drug-likeness (QED) is 0.657. The van der Waals surface area contributed by atoms with E-state index in [-0.39, 0.29) is 0 Å². The first kappa shape index (κ1) is 15.5. The Morgan fingerprint density at radius 2 is 1.63 bits per heavy atom. The number of hydrogen-bond donors (Lipinski definition) is 2. The summed E-state index contributed by atoms with van der Waals surface area (Å²) >= 11 is 0. The molecule has 0 unspecified atom stereocenters. The normalized spacial score (nSPS) is 13.5. The van der Waals surface area contributed by atoms with Crippen LogP contribution in [0.1, 0.15) is 5.69 Å². The molecular formula is C9H7F6NO3. The molecule has 2 N–H and O–H groups in total. The standard InChI is InChI=1S/C9H7F6NO3/c10-8(11,12)6-2-1-5(3-16-6)19-4-7(17,18)9(13,14)15/h1-3,17-18H,4H2. The second-order valence-electron chi connectivity index (χ2n) is 3.48. The van der Waals surface area contributed by atoms with E-state index in [4.69, 9.17) is 10.2 Å². The molecule has 0 fully saturated rings. The summed E-state index contributed by atoms with van der Waals surface area (Å²) in [7, 11) is 0. The van der Waals surface area contributed by atoms with E-state index >= 15 is 0 Å². The molecule has 0 spiro atoms. The van der Waals surface area contributed by atoms with Crippen molar-refractivity contribution >= 4 is 0 Å². The van der Waals surface area contributed by atoms with Crippen LogP contribution in [0.4, 0.5) is 26.3 Å². The molecule has 0 radical (unpaired) electrons. The van der Waals surface area contributed by atoms with Gasteiger partial charge < -0.3 is 14.9 Å². The second-order valence-corrected chi connectivity index (χ2v) is 3.48. The average molecular weight is 291 g/mol. The van der Waals surface area contributed by atoms with Crippen LogP contribution in [0.3, 0.4) is 0 Å². The van der Waals surface area contributed by atoms with Crippen molar-refractivity contribution in [3.63, 3.8) is 0 Å². The molecule has 1 aromatic rings. The number of hydrogen-bond acceptors (Lipinski definition) is 4. The number of aliphatic hydroxyl groups is 2. The van der Waals surface area contributed by atoms with E-state index < -0.39 is 36.2 Å². The van der Waals surface area contributed by atoms with Crippen molar-refractivity contribution in [1.82, 2.24) is 4.98 Å². The molecule has 1 heterocycles. The molecule has 1 aromatic heterocycles. The minimum absolute atomic E-state index is 0.468. The number of aromatic nitrogens is 1. The Morgan fingerprint density at radius 1 is 1.05 bits per heavy atom. The summed E-state index contributed by atoms with van der Waals surface area (Å²) in [5.41, 5.74) is -1.25. The van der Waals surface area contributed by atoms with Gasteiger partial charge >= 0.3 is 12.4 Å². The SMILES string of the molecule is OC(O)(COc1ccc(C(F)(F)F)nc1)C(F)(F)F. The average Bonchev–Trinajstić information content (AvgIpc) is 2.24. The summed E-state index contributed by atoms with van der Waals surface area (Å²) in [4.78, 5) is 2.92. The monoisotopic (exact) mass is 291 g/mol. The van der Waals surface area contributed by atoms with E-state index in [2.05, 4.69) is 9.72 Å². The van der Waals surface area contributed by atoms with Crippen molar-refractivity contribution < 1.29 is 41.3 Å². The van der Waals surface area contributed by atoms with Gasteiger partial charge in [-0.1, -0.05) is 0 Å². The van der Waals surface area contributed by atoms with Gasteiger partial charge in [-0.05, 0) is 12.1 Å². The Bertz CT molecular complexity index is 425. The van der Waals surface area contributed by atoms with Crippen molar-refractivity contribution in [3.8, 4) is 5.75 Å². The fourth-order valence-corrected chi connectivity index (χ4v) is 0.899. The van der Waals surface area contributed by atoms with Crippen molar-refractivity contribution in [3.05, 3.63) is 24.0 Å². The van der Waals surface area contributed by atoms with Gasteiger partial charge in [-0.3, -0.25) is 0 Å². The smallest absolute Gasteiger partial charge is 0.446 e. The van der Waals surface area contributed by atoms with Gasteiger partial charge in [0.1, 0.15) is 11.4 Å². The number of alkyl halides is 6. The molecule has 10 heteroatoms. The van der Waals surface area contributed by atoms with Gasteiger partial charge in [-0.2, -0.15) is 26.3 Å². The van der Waals surface area contributed by atoms with Crippen LogP contribution in [0.5, 0.6) is 5.75 Å². The third kappa shape index (κ3) is 3.96. The Labute approximate surface area is 102 Å². The summed E-state index contributed by atoms with van der Waals surface area (Å²) in [5, 5.41) is 17.2. The van der Waals surface area contributed by atoms with Crippen LogP contribution in [0, 0.1) is 0 Å². The summed E-state index contributed by atoms with van der Waals surface area (Å²) in [5.74, 6) is -4.57. The zero-order valence-electron chi connectivity index (χ0n) is 8.96. The number of rotatable bonds is 3. The Morgan fingerprint density at radius 3 is 2.00 bits per heavy atom. The predicted molar refractivity (Wildman–Crippen MR) is 48.0 cm³/mol. The van der Waals surface area contributed by atoms with Crippen molar-refractivity contribution in [2.75, 3.05) is 6.61 Å². The van der Waals surface area contributed by atoms with E-state index in [9.17, 15) is 26.3 Å². The van der Waals surface area contributed by atoms with E-state index in [1.54, 1.807) is 0 Å². The minimum Gasteiger partial charge on any atom is -0.486 e. The lowest BCUT2D eigenvalue weighted by atomic mass is 10.3. The lowest BCUT2D eigenvalue weighted by Crippen LogP contribution is -2.49. The first-order valence-electron chi connectivity index (χ1n) is 4.61. The first-order valence-corrected chi connectivity index (χ1v) is 4.61. The molecule has 19 heavy (non-hydrogen) atoms. The Balaban J connectivity index is 2.70.